The highest BCUT2D eigenvalue weighted by Crippen LogP contribution is 2.30. The molecule has 1 unspecified atom stereocenters. The normalized spacial score (nSPS) is 12.0. The second kappa shape index (κ2) is 5.38. The van der Waals surface area contributed by atoms with Crippen molar-refractivity contribution >= 4 is 16.7 Å². The van der Waals surface area contributed by atoms with Crippen molar-refractivity contribution in [3.8, 4) is 12.3 Å². The Hall–Kier alpha value is -2.66. The van der Waals surface area contributed by atoms with Crippen LogP contribution in [0.1, 0.15) is 29.9 Å². The average molecular weight is 275 g/mol. The zero-order chi connectivity index (χ0) is 14.8. The topological polar surface area (TPSA) is 25.2 Å². The van der Waals surface area contributed by atoms with Gasteiger partial charge in [0.15, 0.2) is 0 Å². The van der Waals surface area contributed by atoms with E-state index in [1.165, 1.54) is 10.9 Å². The molecule has 0 amide bonds. The first kappa shape index (κ1) is 13.3. The first-order valence-corrected chi connectivity index (χ1v) is 7.00. The fourth-order valence-electron chi connectivity index (χ4n) is 2.62. The maximum Gasteiger partial charge on any atom is 0.134 e. The van der Waals surface area contributed by atoms with Crippen LogP contribution in [0.15, 0.2) is 52.9 Å². The summed E-state index contributed by atoms with van der Waals surface area (Å²) in [6.45, 7) is 4.18. The number of terminal acetylenes is 1. The Bertz CT molecular complexity index is 823. The minimum Gasteiger partial charge on any atom is -0.459 e. The molecule has 3 aromatic rings. The molecular formula is C19H17NO. The second-order valence-electron chi connectivity index (χ2n) is 5.18. The molecule has 0 spiro atoms. The predicted octanol–water partition coefficient (Wildman–Crippen LogP) is 4.90. The van der Waals surface area contributed by atoms with Crippen molar-refractivity contribution < 1.29 is 4.42 Å². The first-order valence-electron chi connectivity index (χ1n) is 7.00. The molecule has 3 rings (SSSR count). The quantitative estimate of drug-likeness (QED) is 0.688. The Morgan fingerprint density at radius 3 is 2.71 bits per heavy atom. The molecule has 0 bridgehead atoms. The maximum absolute atomic E-state index is 5.99. The Labute approximate surface area is 124 Å². The van der Waals surface area contributed by atoms with Gasteiger partial charge in [-0.15, -0.1) is 6.42 Å². The zero-order valence-electron chi connectivity index (χ0n) is 12.2. The lowest BCUT2D eigenvalue weighted by Gasteiger charge is -2.14. The van der Waals surface area contributed by atoms with Gasteiger partial charge in [0.2, 0.25) is 0 Å². The number of aryl methyl sites for hydroxylation is 1. The van der Waals surface area contributed by atoms with E-state index in [1.54, 1.807) is 0 Å². The lowest BCUT2D eigenvalue weighted by molar-refractivity contribution is 0.522. The number of hydrogen-bond donors (Lipinski definition) is 1. The number of benzene rings is 2. The summed E-state index contributed by atoms with van der Waals surface area (Å²) in [6.07, 6.45) is 5.44. The average Bonchev–Trinajstić information content (AvgIpc) is 2.85. The largest absolute Gasteiger partial charge is 0.459 e. The van der Waals surface area contributed by atoms with E-state index in [9.17, 15) is 0 Å². The molecule has 21 heavy (non-hydrogen) atoms. The van der Waals surface area contributed by atoms with Gasteiger partial charge < -0.3 is 9.73 Å². The number of para-hydroxylation sites is 1. The predicted molar refractivity (Wildman–Crippen MR) is 87.4 cm³/mol. The lowest BCUT2D eigenvalue weighted by Crippen LogP contribution is -2.06. The van der Waals surface area contributed by atoms with E-state index in [0.29, 0.717) is 0 Å². The molecule has 1 aromatic heterocycles. The van der Waals surface area contributed by atoms with Crippen LogP contribution < -0.4 is 5.32 Å². The van der Waals surface area contributed by atoms with Gasteiger partial charge >= 0.3 is 0 Å². The third-order valence-electron chi connectivity index (χ3n) is 3.69. The molecule has 104 valence electrons. The van der Waals surface area contributed by atoms with Gasteiger partial charge in [0.25, 0.3) is 0 Å². The maximum atomic E-state index is 5.99. The SMILES string of the molecule is C#Cc1cccc(NC(C)c2oc3ccccc3c2C)c1. The Morgan fingerprint density at radius 1 is 1.14 bits per heavy atom. The Morgan fingerprint density at radius 2 is 1.95 bits per heavy atom. The smallest absolute Gasteiger partial charge is 0.134 e. The Balaban J connectivity index is 1.91. The molecule has 2 nitrogen and oxygen atoms in total. The summed E-state index contributed by atoms with van der Waals surface area (Å²) in [5.41, 5.74) is 3.97. The van der Waals surface area contributed by atoms with Crippen LogP contribution in [-0.4, -0.2) is 0 Å². The molecule has 2 aromatic carbocycles. The molecule has 1 heterocycles. The number of fused-ring (bicyclic) bond motifs is 1. The number of anilines is 1. The number of nitrogens with one attached hydrogen (secondary N) is 1. The molecule has 1 N–H and O–H groups in total. The number of rotatable bonds is 3. The van der Waals surface area contributed by atoms with Crippen molar-refractivity contribution in [1.29, 1.82) is 0 Å². The van der Waals surface area contributed by atoms with Crippen LogP contribution in [0.4, 0.5) is 5.69 Å². The van der Waals surface area contributed by atoms with E-state index < -0.39 is 0 Å². The van der Waals surface area contributed by atoms with Gasteiger partial charge in [-0.05, 0) is 38.1 Å². The third-order valence-corrected chi connectivity index (χ3v) is 3.69. The van der Waals surface area contributed by atoms with Crippen LogP contribution in [0.2, 0.25) is 0 Å². The van der Waals surface area contributed by atoms with E-state index in [-0.39, 0.29) is 6.04 Å². The van der Waals surface area contributed by atoms with Crippen LogP contribution in [-0.2, 0) is 0 Å². The minimum absolute atomic E-state index is 0.0745. The van der Waals surface area contributed by atoms with Crippen molar-refractivity contribution in [2.75, 3.05) is 5.32 Å². The number of hydrogen-bond acceptors (Lipinski definition) is 2. The van der Waals surface area contributed by atoms with Gasteiger partial charge in [-0.2, -0.15) is 0 Å². The van der Waals surface area contributed by atoms with E-state index in [4.69, 9.17) is 10.8 Å². The molecule has 0 fully saturated rings. The van der Waals surface area contributed by atoms with E-state index in [0.717, 1.165) is 22.6 Å². The van der Waals surface area contributed by atoms with E-state index in [2.05, 4.69) is 31.2 Å². The van der Waals surface area contributed by atoms with E-state index >= 15 is 0 Å². The van der Waals surface area contributed by atoms with Crippen molar-refractivity contribution in [3.05, 3.63) is 65.4 Å². The number of furan rings is 1. The summed E-state index contributed by atoms with van der Waals surface area (Å²) >= 11 is 0. The first-order chi connectivity index (χ1) is 10.2. The van der Waals surface area contributed by atoms with Gasteiger partial charge in [0, 0.05) is 22.2 Å². The van der Waals surface area contributed by atoms with Crippen molar-refractivity contribution in [3.63, 3.8) is 0 Å². The third kappa shape index (κ3) is 2.51. The fourth-order valence-corrected chi connectivity index (χ4v) is 2.62. The molecule has 0 aliphatic rings. The molecular weight excluding hydrogens is 258 g/mol. The highest BCUT2D eigenvalue weighted by molar-refractivity contribution is 5.82. The summed E-state index contributed by atoms with van der Waals surface area (Å²) in [4.78, 5) is 0. The molecule has 0 aliphatic carbocycles. The van der Waals surface area contributed by atoms with Gasteiger partial charge in [0.05, 0.1) is 6.04 Å². The van der Waals surface area contributed by atoms with Gasteiger partial charge in [-0.1, -0.05) is 30.2 Å². The summed E-state index contributed by atoms with van der Waals surface area (Å²) in [7, 11) is 0. The monoisotopic (exact) mass is 275 g/mol. The molecule has 0 aliphatic heterocycles. The molecule has 0 saturated carbocycles. The van der Waals surface area contributed by atoms with Crippen LogP contribution in [0.3, 0.4) is 0 Å². The lowest BCUT2D eigenvalue weighted by atomic mass is 10.1. The second-order valence-corrected chi connectivity index (χ2v) is 5.18. The summed E-state index contributed by atoms with van der Waals surface area (Å²) in [6, 6.07) is 16.0. The molecule has 1 atom stereocenters. The van der Waals surface area contributed by atoms with Crippen molar-refractivity contribution in [1.82, 2.24) is 0 Å². The summed E-state index contributed by atoms with van der Waals surface area (Å²) < 4.78 is 5.99. The van der Waals surface area contributed by atoms with Gasteiger partial charge in [-0.25, -0.2) is 0 Å². The van der Waals surface area contributed by atoms with Crippen LogP contribution in [0, 0.1) is 19.3 Å². The van der Waals surface area contributed by atoms with Gasteiger partial charge in [0.1, 0.15) is 11.3 Å². The molecule has 0 saturated heterocycles. The fraction of sp³-hybridized carbons (Fsp3) is 0.158. The molecule has 0 radical (unpaired) electrons. The van der Waals surface area contributed by atoms with Crippen molar-refractivity contribution in [2.45, 2.75) is 19.9 Å². The highest BCUT2D eigenvalue weighted by Gasteiger charge is 2.16. The molecule has 2 heteroatoms. The van der Waals surface area contributed by atoms with E-state index in [1.807, 2.05) is 42.5 Å². The zero-order valence-corrected chi connectivity index (χ0v) is 12.2. The minimum atomic E-state index is 0.0745. The summed E-state index contributed by atoms with van der Waals surface area (Å²) in [5, 5.41) is 4.61. The van der Waals surface area contributed by atoms with Crippen LogP contribution >= 0.6 is 0 Å². The standard InChI is InChI=1S/C19H17NO/c1-4-15-8-7-9-16(12-15)20-14(3)19-13(2)17-10-5-6-11-18(17)21-19/h1,5-12,14,20H,2-3H3. The Kier molecular flexibility index (Phi) is 3.41. The van der Waals surface area contributed by atoms with Crippen LogP contribution in [0.5, 0.6) is 0 Å². The summed E-state index contributed by atoms with van der Waals surface area (Å²) in [5.74, 6) is 3.61. The van der Waals surface area contributed by atoms with Crippen LogP contribution in [0.25, 0.3) is 11.0 Å². The van der Waals surface area contributed by atoms with Crippen molar-refractivity contribution in [2.24, 2.45) is 0 Å². The van der Waals surface area contributed by atoms with Gasteiger partial charge in [-0.3, -0.25) is 0 Å². The highest BCUT2D eigenvalue weighted by atomic mass is 16.3.